The lowest BCUT2D eigenvalue weighted by Crippen LogP contribution is -2.47. The Labute approximate surface area is 140 Å². The van der Waals surface area contributed by atoms with Crippen LogP contribution < -0.4 is 4.72 Å². The number of ether oxygens (including phenoxy) is 1. The number of benzene rings is 1. The molecule has 0 amide bonds. The van der Waals surface area contributed by atoms with Crippen molar-refractivity contribution in [3.8, 4) is 0 Å². The fourth-order valence-electron chi connectivity index (χ4n) is 2.58. The summed E-state index contributed by atoms with van der Waals surface area (Å²) in [5.41, 5.74) is 1.26. The lowest BCUT2D eigenvalue weighted by molar-refractivity contribution is -0.0276. The van der Waals surface area contributed by atoms with E-state index >= 15 is 0 Å². The average molecular weight is 352 g/mol. The van der Waals surface area contributed by atoms with Gasteiger partial charge in [0.05, 0.1) is 12.7 Å². The first-order valence-corrected chi connectivity index (χ1v) is 9.91. The van der Waals surface area contributed by atoms with Gasteiger partial charge in [-0.2, -0.15) is 0 Å². The maximum absolute atomic E-state index is 12.1. The number of rotatable bonds is 6. The third-order valence-electron chi connectivity index (χ3n) is 3.73. The van der Waals surface area contributed by atoms with Crippen molar-refractivity contribution in [2.45, 2.75) is 16.9 Å². The number of thiophene rings is 1. The number of sulfonamides is 1. The van der Waals surface area contributed by atoms with Crippen molar-refractivity contribution < 1.29 is 13.2 Å². The quantitative estimate of drug-likeness (QED) is 0.863. The molecule has 1 fully saturated rings. The van der Waals surface area contributed by atoms with Crippen LogP contribution in [0.1, 0.15) is 5.56 Å². The zero-order valence-corrected chi connectivity index (χ0v) is 14.4. The van der Waals surface area contributed by atoms with E-state index in [-0.39, 0.29) is 6.10 Å². The first-order chi connectivity index (χ1) is 11.1. The number of hydrogen-bond acceptors (Lipinski definition) is 5. The number of morpholine rings is 1. The monoisotopic (exact) mass is 352 g/mol. The Morgan fingerprint density at radius 3 is 2.78 bits per heavy atom. The highest BCUT2D eigenvalue weighted by Gasteiger charge is 2.23. The van der Waals surface area contributed by atoms with E-state index in [4.69, 9.17) is 4.74 Å². The predicted octanol–water partition coefficient (Wildman–Crippen LogP) is 1.93. The summed E-state index contributed by atoms with van der Waals surface area (Å²) in [7, 11) is -3.42. The highest BCUT2D eigenvalue weighted by molar-refractivity contribution is 7.91. The molecule has 1 N–H and O–H groups in total. The minimum atomic E-state index is -3.42. The molecule has 3 rings (SSSR count). The molecule has 23 heavy (non-hydrogen) atoms. The van der Waals surface area contributed by atoms with Crippen LogP contribution in [0.4, 0.5) is 0 Å². The largest absolute Gasteiger partial charge is 0.374 e. The molecule has 0 aliphatic carbocycles. The van der Waals surface area contributed by atoms with Gasteiger partial charge in [0.15, 0.2) is 0 Å². The smallest absolute Gasteiger partial charge is 0.250 e. The molecule has 0 saturated carbocycles. The molecule has 7 heteroatoms. The molecule has 0 spiro atoms. The molecule has 0 unspecified atom stereocenters. The van der Waals surface area contributed by atoms with Crippen molar-refractivity contribution >= 4 is 21.4 Å². The van der Waals surface area contributed by atoms with Crippen LogP contribution in [0.15, 0.2) is 52.1 Å². The van der Waals surface area contributed by atoms with E-state index in [1.54, 1.807) is 17.5 Å². The van der Waals surface area contributed by atoms with Gasteiger partial charge in [0, 0.05) is 26.2 Å². The molecule has 2 aromatic rings. The van der Waals surface area contributed by atoms with Crippen LogP contribution in [0.3, 0.4) is 0 Å². The topological polar surface area (TPSA) is 58.6 Å². The van der Waals surface area contributed by atoms with Crippen LogP contribution in [-0.4, -0.2) is 45.7 Å². The van der Waals surface area contributed by atoms with Crippen molar-refractivity contribution in [2.75, 3.05) is 26.2 Å². The van der Waals surface area contributed by atoms with Crippen LogP contribution in [-0.2, 0) is 21.3 Å². The fourth-order valence-corrected chi connectivity index (χ4v) is 4.68. The zero-order valence-electron chi connectivity index (χ0n) is 12.7. The summed E-state index contributed by atoms with van der Waals surface area (Å²) in [5.74, 6) is 0. The summed E-state index contributed by atoms with van der Waals surface area (Å²) in [6.07, 6.45) is -0.123. The molecule has 0 radical (unpaired) electrons. The molecule has 1 saturated heterocycles. The van der Waals surface area contributed by atoms with E-state index in [0.29, 0.717) is 17.4 Å². The van der Waals surface area contributed by atoms with E-state index in [9.17, 15) is 8.42 Å². The summed E-state index contributed by atoms with van der Waals surface area (Å²) < 4.78 is 33.0. The van der Waals surface area contributed by atoms with E-state index in [1.807, 2.05) is 18.2 Å². The lowest BCUT2D eigenvalue weighted by atomic mass is 10.2. The van der Waals surface area contributed by atoms with Crippen molar-refractivity contribution in [3.63, 3.8) is 0 Å². The normalized spacial score (nSPS) is 19.7. The zero-order chi connectivity index (χ0) is 16.1. The second-order valence-electron chi connectivity index (χ2n) is 5.50. The van der Waals surface area contributed by atoms with Gasteiger partial charge in [0.2, 0.25) is 10.0 Å². The highest BCUT2D eigenvalue weighted by atomic mass is 32.2. The maximum atomic E-state index is 12.1. The van der Waals surface area contributed by atoms with E-state index in [2.05, 4.69) is 21.8 Å². The van der Waals surface area contributed by atoms with E-state index in [1.165, 1.54) is 16.9 Å². The van der Waals surface area contributed by atoms with Crippen molar-refractivity contribution in [1.82, 2.24) is 9.62 Å². The van der Waals surface area contributed by atoms with Crippen LogP contribution in [0, 0.1) is 0 Å². The Balaban J connectivity index is 1.53. The van der Waals surface area contributed by atoms with E-state index in [0.717, 1.165) is 19.6 Å². The third-order valence-corrected chi connectivity index (χ3v) is 6.55. The molecule has 0 bridgehead atoms. The summed E-state index contributed by atoms with van der Waals surface area (Å²) in [6, 6.07) is 13.6. The van der Waals surface area contributed by atoms with Crippen molar-refractivity contribution in [3.05, 3.63) is 53.4 Å². The Morgan fingerprint density at radius 2 is 2.04 bits per heavy atom. The van der Waals surface area contributed by atoms with Crippen molar-refractivity contribution in [2.24, 2.45) is 0 Å². The van der Waals surface area contributed by atoms with Gasteiger partial charge >= 0.3 is 0 Å². The number of nitrogens with one attached hydrogen (secondary N) is 1. The molecular weight excluding hydrogens is 332 g/mol. The first kappa shape index (κ1) is 16.6. The lowest BCUT2D eigenvalue weighted by Gasteiger charge is -2.33. The Kier molecular flexibility index (Phi) is 5.45. The number of hydrogen-bond donors (Lipinski definition) is 1. The van der Waals surface area contributed by atoms with Crippen LogP contribution >= 0.6 is 11.3 Å². The third kappa shape index (κ3) is 4.62. The Bertz CT molecular complexity index is 702. The molecule has 1 atom stereocenters. The second kappa shape index (κ2) is 7.55. The van der Waals surface area contributed by atoms with Crippen LogP contribution in [0.5, 0.6) is 0 Å². The molecule has 124 valence electrons. The maximum Gasteiger partial charge on any atom is 0.250 e. The second-order valence-corrected chi connectivity index (χ2v) is 8.44. The van der Waals surface area contributed by atoms with E-state index < -0.39 is 10.0 Å². The van der Waals surface area contributed by atoms with Gasteiger partial charge in [-0.3, -0.25) is 4.90 Å². The Hall–Kier alpha value is -1.25. The average Bonchev–Trinajstić information content (AvgIpc) is 3.10. The van der Waals surface area contributed by atoms with Gasteiger partial charge in [-0.25, -0.2) is 13.1 Å². The molecule has 1 aliphatic rings. The minimum absolute atomic E-state index is 0.123. The minimum Gasteiger partial charge on any atom is -0.374 e. The fraction of sp³-hybridized carbons (Fsp3) is 0.375. The SMILES string of the molecule is O=S(=O)(NC[C@@H]1CN(Cc2ccccc2)CCO1)c1cccs1. The van der Waals surface area contributed by atoms with Gasteiger partial charge in [-0.15, -0.1) is 11.3 Å². The molecule has 1 aliphatic heterocycles. The van der Waals surface area contributed by atoms with Crippen LogP contribution in [0.2, 0.25) is 0 Å². The van der Waals surface area contributed by atoms with Gasteiger partial charge in [-0.05, 0) is 17.0 Å². The Morgan fingerprint density at radius 1 is 1.22 bits per heavy atom. The summed E-state index contributed by atoms with van der Waals surface area (Å²) in [6.45, 7) is 3.37. The van der Waals surface area contributed by atoms with Gasteiger partial charge in [-0.1, -0.05) is 36.4 Å². The predicted molar refractivity (Wildman–Crippen MR) is 91.0 cm³/mol. The van der Waals surface area contributed by atoms with Crippen molar-refractivity contribution in [1.29, 1.82) is 0 Å². The van der Waals surface area contributed by atoms with Gasteiger partial charge in [0.25, 0.3) is 0 Å². The summed E-state index contributed by atoms with van der Waals surface area (Å²) >= 11 is 1.22. The molecule has 1 aromatic carbocycles. The highest BCUT2D eigenvalue weighted by Crippen LogP contribution is 2.16. The molecule has 1 aromatic heterocycles. The summed E-state index contributed by atoms with van der Waals surface area (Å²) in [5, 5.41) is 1.76. The molecule has 2 heterocycles. The van der Waals surface area contributed by atoms with Crippen LogP contribution in [0.25, 0.3) is 0 Å². The standard InChI is InChI=1S/C16H20N2O3S2/c19-23(20,16-7-4-10-22-16)17-11-15-13-18(8-9-21-15)12-14-5-2-1-3-6-14/h1-7,10,15,17H,8-9,11-13H2/t15-/m1/s1. The first-order valence-electron chi connectivity index (χ1n) is 7.54. The molecule has 5 nitrogen and oxygen atoms in total. The number of nitrogens with zero attached hydrogens (tertiary/aromatic N) is 1. The molecular formula is C16H20N2O3S2. The summed E-state index contributed by atoms with van der Waals surface area (Å²) in [4.78, 5) is 2.29. The van der Waals surface area contributed by atoms with Gasteiger partial charge in [0.1, 0.15) is 4.21 Å². The van der Waals surface area contributed by atoms with Gasteiger partial charge < -0.3 is 4.74 Å².